The first-order valence-electron chi connectivity index (χ1n) is 5.29. The molecule has 0 radical (unpaired) electrons. The van der Waals surface area contributed by atoms with Crippen LogP contribution in [-0.2, 0) is 5.54 Å². The van der Waals surface area contributed by atoms with E-state index in [-0.39, 0.29) is 11.4 Å². The molecular formula is C12H17FN2. The smallest absolute Gasteiger partial charge is 0.125 e. The van der Waals surface area contributed by atoms with Crippen molar-refractivity contribution in [3.63, 3.8) is 0 Å². The van der Waals surface area contributed by atoms with E-state index in [0.29, 0.717) is 0 Å². The second-order valence-electron chi connectivity index (χ2n) is 4.57. The van der Waals surface area contributed by atoms with E-state index in [9.17, 15) is 4.39 Å². The van der Waals surface area contributed by atoms with Crippen molar-refractivity contribution in [2.24, 2.45) is 5.73 Å². The van der Waals surface area contributed by atoms with Crippen LogP contribution in [0.5, 0.6) is 0 Å². The molecule has 15 heavy (non-hydrogen) atoms. The van der Waals surface area contributed by atoms with Crippen LogP contribution in [0.15, 0.2) is 18.2 Å². The first kappa shape index (κ1) is 10.4. The van der Waals surface area contributed by atoms with E-state index < -0.39 is 0 Å². The van der Waals surface area contributed by atoms with Gasteiger partial charge in [-0.3, -0.25) is 0 Å². The van der Waals surface area contributed by atoms with Crippen molar-refractivity contribution in [1.29, 1.82) is 0 Å². The number of nitrogens with zero attached hydrogens (tertiary/aromatic N) is 1. The third-order valence-corrected chi connectivity index (χ3v) is 3.22. The Morgan fingerprint density at radius 3 is 2.47 bits per heavy atom. The highest BCUT2D eigenvalue weighted by Gasteiger charge is 2.36. The molecule has 0 spiro atoms. The Labute approximate surface area is 89.9 Å². The first-order chi connectivity index (χ1) is 7.03. The second-order valence-corrected chi connectivity index (χ2v) is 4.57. The van der Waals surface area contributed by atoms with Crippen LogP contribution >= 0.6 is 0 Å². The minimum absolute atomic E-state index is 0.203. The monoisotopic (exact) mass is 208 g/mol. The Morgan fingerprint density at radius 2 is 2.00 bits per heavy atom. The number of halogens is 1. The highest BCUT2D eigenvalue weighted by atomic mass is 19.1. The average molecular weight is 208 g/mol. The maximum Gasteiger partial charge on any atom is 0.125 e. The molecular weight excluding hydrogens is 191 g/mol. The number of hydrogen-bond donors (Lipinski definition) is 1. The van der Waals surface area contributed by atoms with Crippen molar-refractivity contribution in [3.8, 4) is 0 Å². The number of benzene rings is 1. The highest BCUT2D eigenvalue weighted by molar-refractivity contribution is 5.56. The van der Waals surface area contributed by atoms with Gasteiger partial charge in [-0.25, -0.2) is 4.39 Å². The summed E-state index contributed by atoms with van der Waals surface area (Å²) in [4.78, 5) is 1.92. The zero-order valence-corrected chi connectivity index (χ0v) is 9.26. The van der Waals surface area contributed by atoms with E-state index in [1.807, 2.05) is 25.1 Å². The van der Waals surface area contributed by atoms with E-state index in [1.54, 1.807) is 6.07 Å². The van der Waals surface area contributed by atoms with Gasteiger partial charge in [0.2, 0.25) is 0 Å². The van der Waals surface area contributed by atoms with Gasteiger partial charge in [-0.05, 0) is 37.0 Å². The molecule has 0 unspecified atom stereocenters. The Kier molecular flexibility index (Phi) is 2.43. The molecule has 0 atom stereocenters. The molecule has 82 valence electrons. The van der Waals surface area contributed by atoms with Gasteiger partial charge in [0, 0.05) is 25.3 Å². The van der Waals surface area contributed by atoms with Gasteiger partial charge in [0.05, 0.1) is 0 Å². The van der Waals surface area contributed by atoms with Gasteiger partial charge in [-0.1, -0.05) is 6.07 Å². The summed E-state index contributed by atoms with van der Waals surface area (Å²) in [6.07, 6.45) is 3.17. The number of rotatable bonds is 2. The molecule has 1 aromatic carbocycles. The van der Waals surface area contributed by atoms with Gasteiger partial charge >= 0.3 is 0 Å². The van der Waals surface area contributed by atoms with E-state index in [0.717, 1.165) is 24.1 Å². The minimum atomic E-state index is -0.229. The van der Waals surface area contributed by atoms with Crippen molar-refractivity contribution < 1.29 is 4.39 Å². The predicted octanol–water partition coefficient (Wildman–Crippen LogP) is 2.23. The third kappa shape index (κ3) is 1.72. The van der Waals surface area contributed by atoms with Crippen molar-refractivity contribution in [3.05, 3.63) is 29.6 Å². The largest absolute Gasteiger partial charge is 0.377 e. The van der Waals surface area contributed by atoms with Gasteiger partial charge in [0.25, 0.3) is 0 Å². The second kappa shape index (κ2) is 3.49. The summed E-state index contributed by atoms with van der Waals surface area (Å²) in [5.74, 6) is -0.203. The molecule has 0 aromatic heterocycles. The molecule has 2 N–H and O–H groups in total. The Morgan fingerprint density at radius 1 is 1.33 bits per heavy atom. The van der Waals surface area contributed by atoms with Gasteiger partial charge < -0.3 is 10.6 Å². The molecule has 0 aliphatic heterocycles. The van der Waals surface area contributed by atoms with Crippen molar-refractivity contribution in [2.75, 3.05) is 19.0 Å². The van der Waals surface area contributed by atoms with Crippen LogP contribution in [0.1, 0.15) is 24.8 Å². The minimum Gasteiger partial charge on any atom is -0.377 e. The highest BCUT2D eigenvalue weighted by Crippen LogP contribution is 2.42. The predicted molar refractivity (Wildman–Crippen MR) is 60.4 cm³/mol. The molecule has 2 rings (SSSR count). The van der Waals surface area contributed by atoms with Crippen LogP contribution in [-0.4, -0.2) is 14.1 Å². The van der Waals surface area contributed by atoms with E-state index in [2.05, 4.69) is 0 Å². The fraction of sp³-hybridized carbons (Fsp3) is 0.500. The summed E-state index contributed by atoms with van der Waals surface area (Å²) in [7, 11) is 3.83. The molecule has 1 aliphatic rings. The molecule has 0 heterocycles. The Balaban J connectivity index is 2.46. The van der Waals surface area contributed by atoms with E-state index in [4.69, 9.17) is 5.73 Å². The van der Waals surface area contributed by atoms with Crippen LogP contribution in [0, 0.1) is 5.82 Å². The lowest BCUT2D eigenvalue weighted by Crippen LogP contribution is -2.44. The number of nitrogens with two attached hydrogens (primary N) is 1. The molecule has 0 saturated heterocycles. The zero-order valence-electron chi connectivity index (χ0n) is 9.26. The summed E-state index contributed by atoms with van der Waals surface area (Å²) in [6, 6.07) is 4.88. The maximum atomic E-state index is 13.2. The summed E-state index contributed by atoms with van der Waals surface area (Å²) >= 11 is 0. The SMILES string of the molecule is CN(C)c1cc(F)ccc1C1(N)CCC1. The Bertz CT molecular complexity index is 370. The maximum absolute atomic E-state index is 13.2. The van der Waals surface area contributed by atoms with E-state index in [1.165, 1.54) is 12.5 Å². The standard InChI is InChI=1S/C12H17FN2/c1-15(2)11-8-9(13)4-5-10(11)12(14)6-3-7-12/h4-5,8H,3,6-7,14H2,1-2H3. The van der Waals surface area contributed by atoms with Crippen LogP contribution in [0.3, 0.4) is 0 Å². The van der Waals surface area contributed by atoms with Crippen LogP contribution in [0.4, 0.5) is 10.1 Å². The molecule has 1 saturated carbocycles. The fourth-order valence-electron chi connectivity index (χ4n) is 2.12. The van der Waals surface area contributed by atoms with Crippen LogP contribution in [0.2, 0.25) is 0 Å². The van der Waals surface area contributed by atoms with Gasteiger partial charge in [0.1, 0.15) is 5.82 Å². The molecule has 2 nitrogen and oxygen atoms in total. The van der Waals surface area contributed by atoms with Crippen molar-refractivity contribution in [1.82, 2.24) is 0 Å². The zero-order chi connectivity index (χ0) is 11.1. The topological polar surface area (TPSA) is 29.3 Å². The lowest BCUT2D eigenvalue weighted by atomic mass is 9.72. The normalized spacial score (nSPS) is 18.4. The molecule has 0 bridgehead atoms. The van der Waals surface area contributed by atoms with Crippen molar-refractivity contribution >= 4 is 5.69 Å². The third-order valence-electron chi connectivity index (χ3n) is 3.22. The molecule has 1 aliphatic carbocycles. The number of hydrogen-bond acceptors (Lipinski definition) is 2. The van der Waals surface area contributed by atoms with Gasteiger partial charge in [-0.15, -0.1) is 0 Å². The first-order valence-corrected chi connectivity index (χ1v) is 5.29. The van der Waals surface area contributed by atoms with Crippen molar-refractivity contribution in [2.45, 2.75) is 24.8 Å². The summed E-state index contributed by atoms with van der Waals surface area (Å²) in [6.45, 7) is 0. The van der Waals surface area contributed by atoms with Gasteiger partial charge in [0.15, 0.2) is 0 Å². The molecule has 3 heteroatoms. The van der Waals surface area contributed by atoms with Gasteiger partial charge in [-0.2, -0.15) is 0 Å². The lowest BCUT2D eigenvalue weighted by Gasteiger charge is -2.40. The summed E-state index contributed by atoms with van der Waals surface area (Å²) in [5, 5.41) is 0. The molecule has 0 amide bonds. The summed E-state index contributed by atoms with van der Waals surface area (Å²) in [5.41, 5.74) is 8.00. The quantitative estimate of drug-likeness (QED) is 0.807. The molecule has 1 aromatic rings. The summed E-state index contributed by atoms with van der Waals surface area (Å²) < 4.78 is 13.2. The Hall–Kier alpha value is -1.09. The van der Waals surface area contributed by atoms with Crippen LogP contribution in [0.25, 0.3) is 0 Å². The lowest BCUT2D eigenvalue weighted by molar-refractivity contribution is 0.254. The number of anilines is 1. The molecule has 1 fully saturated rings. The van der Waals surface area contributed by atoms with E-state index >= 15 is 0 Å². The fourth-order valence-corrected chi connectivity index (χ4v) is 2.12. The van der Waals surface area contributed by atoms with Crippen LogP contribution < -0.4 is 10.6 Å². The average Bonchev–Trinajstić information content (AvgIpc) is 2.14.